The van der Waals surface area contributed by atoms with Crippen LogP contribution in [0.25, 0.3) is 16.2 Å². The molecule has 0 aliphatic carbocycles. The van der Waals surface area contributed by atoms with Crippen LogP contribution in [0.4, 0.5) is 0 Å². The average Bonchev–Trinajstić information content (AvgIpc) is 2.71. The van der Waals surface area contributed by atoms with Gasteiger partial charge in [-0.2, -0.15) is 0 Å². The van der Waals surface area contributed by atoms with Crippen molar-refractivity contribution in [2.24, 2.45) is 0 Å². The van der Waals surface area contributed by atoms with E-state index >= 15 is 0 Å². The van der Waals surface area contributed by atoms with E-state index in [1.807, 2.05) is 0 Å². The molecule has 0 aliphatic heterocycles. The third-order valence-corrected chi connectivity index (χ3v) is 5.13. The topological polar surface area (TPSA) is 69.7 Å². The van der Waals surface area contributed by atoms with Crippen LogP contribution in [0.5, 0.6) is 11.5 Å². The summed E-state index contributed by atoms with van der Waals surface area (Å²) in [6.07, 6.45) is 2.62. The van der Waals surface area contributed by atoms with E-state index in [4.69, 9.17) is 9.47 Å². The molecular weight excluding hydrogens is 376 g/mol. The van der Waals surface area contributed by atoms with Crippen LogP contribution >= 0.6 is 11.3 Å². The van der Waals surface area contributed by atoms with Crippen molar-refractivity contribution < 1.29 is 19.1 Å². The first-order chi connectivity index (χ1) is 13.5. The Morgan fingerprint density at radius 2 is 1.64 bits per heavy atom. The molecule has 0 spiro atoms. The van der Waals surface area contributed by atoms with Crippen LogP contribution in [0.1, 0.15) is 22.3 Å². The number of Topliss-reactive ketones (excluding diaryl/α,β-unsaturated/α-hetero) is 1. The van der Waals surface area contributed by atoms with E-state index in [0.717, 1.165) is 32.7 Å². The largest absolute Gasteiger partial charge is 0.497 e. The van der Waals surface area contributed by atoms with Crippen LogP contribution in [-0.2, 0) is 4.79 Å². The highest BCUT2D eigenvalue weighted by Crippen LogP contribution is 2.23. The summed E-state index contributed by atoms with van der Waals surface area (Å²) in [6.45, 7) is 0. The van der Waals surface area contributed by atoms with Gasteiger partial charge in [0.25, 0.3) is 0 Å². The molecule has 0 unspecified atom stereocenters. The fraction of sp³-hybridized carbons (Fsp3) is 0.136. The van der Waals surface area contributed by atoms with E-state index in [2.05, 4.69) is 0 Å². The maximum atomic E-state index is 12.4. The van der Waals surface area contributed by atoms with Crippen molar-refractivity contribution in [2.75, 3.05) is 14.2 Å². The van der Waals surface area contributed by atoms with Gasteiger partial charge < -0.3 is 9.47 Å². The third kappa shape index (κ3) is 4.53. The zero-order valence-corrected chi connectivity index (χ0v) is 16.2. The van der Waals surface area contributed by atoms with E-state index < -0.39 is 5.78 Å². The van der Waals surface area contributed by atoms with Gasteiger partial charge in [0.1, 0.15) is 11.5 Å². The Morgan fingerprint density at radius 1 is 0.964 bits per heavy atom. The molecule has 6 heteroatoms. The number of carbonyl (C=O) groups excluding carboxylic acids is 2. The van der Waals surface area contributed by atoms with Crippen molar-refractivity contribution in [3.63, 3.8) is 0 Å². The number of benzene rings is 2. The van der Waals surface area contributed by atoms with Crippen LogP contribution in [-0.4, -0.2) is 25.8 Å². The van der Waals surface area contributed by atoms with Gasteiger partial charge in [0.15, 0.2) is 11.6 Å². The number of ketones is 2. The molecule has 2 aromatic carbocycles. The molecule has 1 heterocycles. The SMILES string of the molecule is COc1ccc(/C=C/C(=O)CC(=O)c2cc3ccc(OC)cc3sc2=O)cc1. The second-order valence-electron chi connectivity index (χ2n) is 6.02. The normalized spacial score (nSPS) is 10.9. The maximum Gasteiger partial charge on any atom is 0.243 e. The Kier molecular flexibility index (Phi) is 6.01. The van der Waals surface area contributed by atoms with Gasteiger partial charge in [-0.25, -0.2) is 0 Å². The number of methoxy groups -OCH3 is 2. The molecular formula is C22H18O5S. The number of hydrogen-bond donors (Lipinski definition) is 0. The number of fused-ring (bicyclic) bond motifs is 1. The molecule has 0 radical (unpaired) electrons. The van der Waals surface area contributed by atoms with Crippen LogP contribution in [0.3, 0.4) is 0 Å². The first-order valence-corrected chi connectivity index (χ1v) is 9.32. The summed E-state index contributed by atoms with van der Waals surface area (Å²) in [6, 6.07) is 14.0. The molecule has 0 atom stereocenters. The highest BCUT2D eigenvalue weighted by atomic mass is 32.1. The Balaban J connectivity index is 1.74. The second-order valence-corrected chi connectivity index (χ2v) is 7.04. The zero-order valence-electron chi connectivity index (χ0n) is 15.4. The molecule has 28 heavy (non-hydrogen) atoms. The highest BCUT2D eigenvalue weighted by Gasteiger charge is 2.15. The van der Waals surface area contributed by atoms with Crippen molar-refractivity contribution >= 4 is 39.1 Å². The lowest BCUT2D eigenvalue weighted by Gasteiger charge is -2.03. The fourth-order valence-electron chi connectivity index (χ4n) is 2.63. The van der Waals surface area contributed by atoms with Gasteiger partial charge in [0.2, 0.25) is 4.74 Å². The van der Waals surface area contributed by atoms with E-state index in [9.17, 15) is 14.4 Å². The third-order valence-electron chi connectivity index (χ3n) is 4.16. The fourth-order valence-corrected chi connectivity index (χ4v) is 3.53. The van der Waals surface area contributed by atoms with Gasteiger partial charge in [0.05, 0.1) is 26.2 Å². The van der Waals surface area contributed by atoms with Crippen LogP contribution in [0.15, 0.2) is 59.4 Å². The molecule has 3 aromatic rings. The summed E-state index contributed by atoms with van der Waals surface area (Å²) in [5.41, 5.74) is 0.849. The number of ether oxygens (including phenoxy) is 2. The van der Waals surface area contributed by atoms with Gasteiger partial charge in [-0.3, -0.25) is 14.4 Å². The molecule has 0 saturated heterocycles. The maximum absolute atomic E-state index is 12.4. The summed E-state index contributed by atoms with van der Waals surface area (Å²) >= 11 is 0.969. The molecule has 0 bridgehead atoms. The molecule has 1 aromatic heterocycles. The van der Waals surface area contributed by atoms with Gasteiger partial charge >= 0.3 is 0 Å². The molecule has 0 amide bonds. The number of allylic oxidation sites excluding steroid dienone is 1. The molecule has 3 rings (SSSR count). The first-order valence-electron chi connectivity index (χ1n) is 8.50. The summed E-state index contributed by atoms with van der Waals surface area (Å²) < 4.78 is 10.6. The minimum Gasteiger partial charge on any atom is -0.497 e. The van der Waals surface area contributed by atoms with Gasteiger partial charge in [-0.15, -0.1) is 0 Å². The van der Waals surface area contributed by atoms with Crippen molar-refractivity contribution in [1.82, 2.24) is 0 Å². The van der Waals surface area contributed by atoms with Crippen molar-refractivity contribution in [1.29, 1.82) is 0 Å². The lowest BCUT2D eigenvalue weighted by atomic mass is 10.1. The minimum atomic E-state index is -0.483. The minimum absolute atomic E-state index is 0.0360. The van der Waals surface area contributed by atoms with Crippen LogP contribution < -0.4 is 14.2 Å². The van der Waals surface area contributed by atoms with E-state index in [0.29, 0.717) is 5.75 Å². The van der Waals surface area contributed by atoms with E-state index in [-0.39, 0.29) is 22.5 Å². The molecule has 0 fully saturated rings. The summed E-state index contributed by atoms with van der Waals surface area (Å²) in [4.78, 5) is 36.9. The highest BCUT2D eigenvalue weighted by molar-refractivity contribution is 7.16. The molecule has 0 aliphatic rings. The van der Waals surface area contributed by atoms with E-state index in [1.54, 1.807) is 62.8 Å². The predicted molar refractivity (Wildman–Crippen MR) is 111 cm³/mol. The Bertz CT molecular complexity index is 1110. The number of rotatable bonds is 7. The van der Waals surface area contributed by atoms with Crippen molar-refractivity contribution in [2.45, 2.75) is 6.42 Å². The smallest absolute Gasteiger partial charge is 0.243 e. The summed E-state index contributed by atoms with van der Waals surface area (Å²) in [5, 5.41) is 0.759. The Morgan fingerprint density at radius 3 is 2.32 bits per heavy atom. The van der Waals surface area contributed by atoms with Crippen molar-refractivity contribution in [3.8, 4) is 11.5 Å². The quantitative estimate of drug-likeness (QED) is 0.342. The zero-order chi connectivity index (χ0) is 20.1. The lowest BCUT2D eigenvalue weighted by Crippen LogP contribution is -2.14. The van der Waals surface area contributed by atoms with E-state index in [1.165, 1.54) is 12.1 Å². The van der Waals surface area contributed by atoms with Gasteiger partial charge in [-0.05, 0) is 53.4 Å². The second kappa shape index (κ2) is 8.63. The standard InChI is InChI=1S/C22H18O5S/c1-26-17-8-4-14(5-9-17)3-7-16(23)12-20(24)19-11-15-6-10-18(27-2)13-21(15)28-22(19)25/h3-11,13H,12H2,1-2H3/b7-3+. The molecule has 142 valence electrons. The number of carbonyl (C=O) groups is 2. The molecule has 5 nitrogen and oxygen atoms in total. The predicted octanol–water partition coefficient (Wildman–Crippen LogP) is 4.13. The number of hydrogen-bond acceptors (Lipinski definition) is 6. The average molecular weight is 394 g/mol. The van der Waals surface area contributed by atoms with Crippen LogP contribution in [0.2, 0.25) is 0 Å². The first kappa shape index (κ1) is 19.5. The van der Waals surface area contributed by atoms with Crippen LogP contribution in [0, 0.1) is 0 Å². The Hall–Kier alpha value is -3.25. The molecule has 0 N–H and O–H groups in total. The molecule has 0 saturated carbocycles. The summed E-state index contributed by atoms with van der Waals surface area (Å²) in [7, 11) is 3.13. The lowest BCUT2D eigenvalue weighted by molar-refractivity contribution is -0.113. The summed E-state index contributed by atoms with van der Waals surface area (Å²) in [5.74, 6) is 0.515. The van der Waals surface area contributed by atoms with Crippen molar-refractivity contribution in [3.05, 3.63) is 75.3 Å². The monoisotopic (exact) mass is 394 g/mol. The Labute approximate surface area is 165 Å². The van der Waals surface area contributed by atoms with Gasteiger partial charge in [-0.1, -0.05) is 29.5 Å². The van der Waals surface area contributed by atoms with Gasteiger partial charge in [0, 0.05) is 4.70 Å².